The van der Waals surface area contributed by atoms with Crippen molar-refractivity contribution in [1.29, 1.82) is 0 Å². The third kappa shape index (κ3) is 1.93. The fourth-order valence-corrected chi connectivity index (χ4v) is 4.05. The number of alkyl halides is 2. The van der Waals surface area contributed by atoms with E-state index in [4.69, 9.17) is 0 Å². The molecule has 1 aliphatic rings. The second-order valence-corrected chi connectivity index (χ2v) is 5.86. The molecule has 3 rings (SSSR count). The van der Waals surface area contributed by atoms with Gasteiger partial charge in [-0.25, -0.2) is 0 Å². The van der Waals surface area contributed by atoms with Gasteiger partial charge in [-0.1, -0.05) is 81.6 Å². The molecule has 0 nitrogen and oxygen atoms in total. The Balaban J connectivity index is 2.23. The molecule has 0 amide bonds. The second kappa shape index (κ2) is 4.88. The smallest absolute Gasteiger partial charge is 0.0250 e. The SMILES string of the molecule is ICc1cccc2c1Cc1c(CI)cccc1-2. The van der Waals surface area contributed by atoms with Crippen LogP contribution in [0.1, 0.15) is 22.3 Å². The topological polar surface area (TPSA) is 0 Å². The lowest BCUT2D eigenvalue weighted by molar-refractivity contribution is 1.18. The summed E-state index contributed by atoms with van der Waals surface area (Å²) in [4.78, 5) is 0. The van der Waals surface area contributed by atoms with E-state index in [-0.39, 0.29) is 0 Å². The van der Waals surface area contributed by atoms with E-state index in [1.807, 2.05) is 0 Å². The minimum Gasteiger partial charge on any atom is -0.0812 e. The molecule has 0 atom stereocenters. The Labute approximate surface area is 129 Å². The maximum Gasteiger partial charge on any atom is 0.0250 e. The average molecular weight is 446 g/mol. The largest absolute Gasteiger partial charge is 0.0812 e. The summed E-state index contributed by atoms with van der Waals surface area (Å²) in [6.07, 6.45) is 1.13. The Morgan fingerprint density at radius 1 is 0.765 bits per heavy atom. The first-order valence-electron chi connectivity index (χ1n) is 5.69. The average Bonchev–Trinajstić information content (AvgIpc) is 2.77. The molecule has 0 aromatic heterocycles. The summed E-state index contributed by atoms with van der Waals surface area (Å²) in [5, 5.41) is 0. The fourth-order valence-electron chi connectivity index (χ4n) is 2.62. The van der Waals surface area contributed by atoms with Gasteiger partial charge >= 0.3 is 0 Å². The summed E-state index contributed by atoms with van der Waals surface area (Å²) in [5.74, 6) is 0. The molecule has 17 heavy (non-hydrogen) atoms. The molecule has 0 N–H and O–H groups in total. The van der Waals surface area contributed by atoms with Gasteiger partial charge in [-0.05, 0) is 39.8 Å². The van der Waals surface area contributed by atoms with Gasteiger partial charge in [0.05, 0.1) is 0 Å². The van der Waals surface area contributed by atoms with Crippen LogP contribution < -0.4 is 0 Å². The van der Waals surface area contributed by atoms with Crippen LogP contribution in [0.15, 0.2) is 36.4 Å². The zero-order valence-electron chi connectivity index (χ0n) is 9.34. The van der Waals surface area contributed by atoms with Crippen molar-refractivity contribution in [2.45, 2.75) is 15.3 Å². The minimum absolute atomic E-state index is 1.11. The van der Waals surface area contributed by atoms with Gasteiger partial charge in [0.25, 0.3) is 0 Å². The molecule has 0 radical (unpaired) electrons. The molecular weight excluding hydrogens is 434 g/mol. The lowest BCUT2D eigenvalue weighted by Gasteiger charge is -2.04. The highest BCUT2D eigenvalue weighted by Crippen LogP contribution is 2.40. The van der Waals surface area contributed by atoms with Crippen LogP contribution in [-0.2, 0) is 15.3 Å². The Bertz CT molecular complexity index is 522. The van der Waals surface area contributed by atoms with Gasteiger partial charge in [0, 0.05) is 8.86 Å². The summed E-state index contributed by atoms with van der Waals surface area (Å²) in [5.41, 5.74) is 9.02. The van der Waals surface area contributed by atoms with Crippen LogP contribution in [0.2, 0.25) is 0 Å². The van der Waals surface area contributed by atoms with Crippen LogP contribution in [0.25, 0.3) is 11.1 Å². The lowest BCUT2D eigenvalue weighted by atomic mass is 10.0. The van der Waals surface area contributed by atoms with Crippen LogP contribution in [-0.4, -0.2) is 0 Å². The predicted octanol–water partition coefficient (Wildman–Crippen LogP) is 5.13. The maximum atomic E-state index is 2.46. The highest BCUT2D eigenvalue weighted by molar-refractivity contribution is 14.1. The van der Waals surface area contributed by atoms with E-state index >= 15 is 0 Å². The highest BCUT2D eigenvalue weighted by Gasteiger charge is 2.22. The highest BCUT2D eigenvalue weighted by atomic mass is 127. The molecule has 0 fully saturated rings. The van der Waals surface area contributed by atoms with Crippen molar-refractivity contribution in [2.24, 2.45) is 0 Å². The van der Waals surface area contributed by atoms with Gasteiger partial charge in [-0.3, -0.25) is 0 Å². The van der Waals surface area contributed by atoms with Crippen molar-refractivity contribution in [3.05, 3.63) is 58.7 Å². The molecular formula is C15H12I2. The molecule has 0 aliphatic heterocycles. The summed E-state index contributed by atoms with van der Waals surface area (Å²) >= 11 is 4.93. The monoisotopic (exact) mass is 446 g/mol. The fraction of sp³-hybridized carbons (Fsp3) is 0.200. The predicted molar refractivity (Wildman–Crippen MR) is 90.1 cm³/mol. The van der Waals surface area contributed by atoms with E-state index in [0.717, 1.165) is 15.3 Å². The van der Waals surface area contributed by atoms with Crippen molar-refractivity contribution >= 4 is 45.2 Å². The van der Waals surface area contributed by atoms with Crippen LogP contribution in [0.3, 0.4) is 0 Å². The zero-order chi connectivity index (χ0) is 11.8. The van der Waals surface area contributed by atoms with E-state index in [1.165, 1.54) is 22.3 Å². The number of halogens is 2. The standard InChI is InChI=1S/C15H12I2/c16-8-10-3-1-5-12-13-6-2-4-11(9-17)15(13)7-14(10)12/h1-6H,7-9H2. The quantitative estimate of drug-likeness (QED) is 0.379. The van der Waals surface area contributed by atoms with Crippen molar-refractivity contribution in [3.63, 3.8) is 0 Å². The van der Waals surface area contributed by atoms with Crippen molar-refractivity contribution in [2.75, 3.05) is 0 Å². The number of hydrogen-bond acceptors (Lipinski definition) is 0. The van der Waals surface area contributed by atoms with Gasteiger partial charge in [-0.2, -0.15) is 0 Å². The molecule has 1 aliphatic carbocycles. The van der Waals surface area contributed by atoms with Crippen molar-refractivity contribution in [3.8, 4) is 11.1 Å². The molecule has 0 spiro atoms. The molecule has 0 unspecified atom stereocenters. The van der Waals surface area contributed by atoms with Crippen LogP contribution in [0.4, 0.5) is 0 Å². The van der Waals surface area contributed by atoms with Crippen LogP contribution in [0, 0.1) is 0 Å². The number of hydrogen-bond donors (Lipinski definition) is 0. The van der Waals surface area contributed by atoms with Gasteiger partial charge in [-0.15, -0.1) is 0 Å². The number of rotatable bonds is 2. The molecule has 0 heterocycles. The molecule has 86 valence electrons. The Morgan fingerprint density at radius 3 is 1.65 bits per heavy atom. The summed E-state index contributed by atoms with van der Waals surface area (Å²) in [6.45, 7) is 0. The lowest BCUT2D eigenvalue weighted by Crippen LogP contribution is -1.90. The third-order valence-electron chi connectivity index (χ3n) is 3.48. The van der Waals surface area contributed by atoms with E-state index in [0.29, 0.717) is 0 Å². The molecule has 2 aromatic rings. The molecule has 0 saturated heterocycles. The Hall–Kier alpha value is -0.100. The van der Waals surface area contributed by atoms with Crippen molar-refractivity contribution < 1.29 is 0 Å². The maximum absolute atomic E-state index is 2.46. The van der Waals surface area contributed by atoms with Crippen molar-refractivity contribution in [1.82, 2.24) is 0 Å². The molecule has 2 heteroatoms. The third-order valence-corrected chi connectivity index (χ3v) is 5.12. The van der Waals surface area contributed by atoms with Gasteiger partial charge in [0.2, 0.25) is 0 Å². The van der Waals surface area contributed by atoms with E-state index in [2.05, 4.69) is 81.6 Å². The normalized spacial score (nSPS) is 12.4. The molecule has 0 saturated carbocycles. The zero-order valence-corrected chi connectivity index (χ0v) is 13.7. The van der Waals surface area contributed by atoms with Gasteiger partial charge < -0.3 is 0 Å². The molecule has 0 bridgehead atoms. The first kappa shape index (κ1) is 12.0. The number of fused-ring (bicyclic) bond motifs is 3. The van der Waals surface area contributed by atoms with E-state index < -0.39 is 0 Å². The minimum atomic E-state index is 1.11. The Kier molecular flexibility index (Phi) is 3.43. The summed E-state index contributed by atoms with van der Waals surface area (Å²) in [6, 6.07) is 13.5. The van der Waals surface area contributed by atoms with E-state index in [9.17, 15) is 0 Å². The number of benzene rings is 2. The van der Waals surface area contributed by atoms with Crippen LogP contribution in [0.5, 0.6) is 0 Å². The molecule has 2 aromatic carbocycles. The second-order valence-electron chi connectivity index (χ2n) is 4.33. The summed E-state index contributed by atoms with van der Waals surface area (Å²) in [7, 11) is 0. The van der Waals surface area contributed by atoms with Gasteiger partial charge in [0.1, 0.15) is 0 Å². The first-order chi connectivity index (χ1) is 8.35. The van der Waals surface area contributed by atoms with Crippen LogP contribution >= 0.6 is 45.2 Å². The summed E-state index contributed by atoms with van der Waals surface area (Å²) < 4.78 is 2.21. The first-order valence-corrected chi connectivity index (χ1v) is 8.74. The van der Waals surface area contributed by atoms with E-state index in [1.54, 1.807) is 11.1 Å². The van der Waals surface area contributed by atoms with Gasteiger partial charge in [0.15, 0.2) is 0 Å². The Morgan fingerprint density at radius 2 is 1.24 bits per heavy atom.